The lowest BCUT2D eigenvalue weighted by Gasteiger charge is -2.09. The maximum Gasteiger partial charge on any atom is 0.176 e. The van der Waals surface area contributed by atoms with E-state index in [1.54, 1.807) is 18.9 Å². The number of Topliss-reactive ketones (excluding diaryl/α,β-unsaturated/α-hetero) is 1. The highest BCUT2D eigenvalue weighted by molar-refractivity contribution is 8.00. The first-order valence-corrected chi connectivity index (χ1v) is 7.46. The molecule has 0 radical (unpaired) electrons. The lowest BCUT2D eigenvalue weighted by Crippen LogP contribution is -2.05. The first kappa shape index (κ1) is 14.7. The van der Waals surface area contributed by atoms with Crippen molar-refractivity contribution in [1.29, 1.82) is 0 Å². The summed E-state index contributed by atoms with van der Waals surface area (Å²) in [4.78, 5) is 13.5. The molecule has 0 aliphatic rings. The highest BCUT2D eigenvalue weighted by Gasteiger charge is 2.13. The third-order valence-electron chi connectivity index (χ3n) is 3.11. The van der Waals surface area contributed by atoms with Crippen LogP contribution >= 0.6 is 11.8 Å². The summed E-state index contributed by atoms with van der Waals surface area (Å²) in [7, 11) is 1.59. The maximum absolute atomic E-state index is 12.4. The van der Waals surface area contributed by atoms with Crippen LogP contribution in [-0.2, 0) is 0 Å². The molecule has 0 saturated carbocycles. The van der Waals surface area contributed by atoms with Gasteiger partial charge in [0.1, 0.15) is 5.75 Å². The normalized spacial score (nSPS) is 10.3. The summed E-state index contributed by atoms with van der Waals surface area (Å²) < 4.78 is 5.27. The van der Waals surface area contributed by atoms with Crippen molar-refractivity contribution < 1.29 is 9.53 Å². The molecule has 104 valence electrons. The second-order valence-corrected chi connectivity index (χ2v) is 5.70. The van der Waals surface area contributed by atoms with E-state index in [1.807, 2.05) is 43.3 Å². The third kappa shape index (κ3) is 3.42. The van der Waals surface area contributed by atoms with Crippen LogP contribution in [0.4, 0.5) is 0 Å². The molecule has 2 nitrogen and oxygen atoms in total. The predicted molar refractivity (Wildman–Crippen MR) is 84.0 cm³/mol. The number of thioether (sulfide) groups is 1. The Labute approximate surface area is 124 Å². The van der Waals surface area contributed by atoms with Gasteiger partial charge in [0.25, 0.3) is 0 Å². The second-order valence-electron chi connectivity index (χ2n) is 4.68. The van der Waals surface area contributed by atoms with Gasteiger partial charge >= 0.3 is 0 Å². The van der Waals surface area contributed by atoms with E-state index in [0.29, 0.717) is 17.1 Å². The van der Waals surface area contributed by atoms with E-state index in [1.165, 1.54) is 5.56 Å². The van der Waals surface area contributed by atoms with Gasteiger partial charge in [0, 0.05) is 4.90 Å². The number of benzene rings is 2. The number of hydrogen-bond acceptors (Lipinski definition) is 3. The van der Waals surface area contributed by atoms with Crippen LogP contribution in [0.15, 0.2) is 47.4 Å². The first-order valence-electron chi connectivity index (χ1n) is 6.48. The fraction of sp³-hybridized carbons (Fsp3) is 0.235. The summed E-state index contributed by atoms with van der Waals surface area (Å²) in [6.45, 7) is 4.03. The molecule has 0 aliphatic carbocycles. The number of aryl methyl sites for hydroxylation is 2. The molecule has 0 aromatic heterocycles. The number of rotatable bonds is 5. The van der Waals surface area contributed by atoms with Crippen LogP contribution in [0.3, 0.4) is 0 Å². The summed E-state index contributed by atoms with van der Waals surface area (Å²) in [6, 6.07) is 13.8. The minimum atomic E-state index is 0.0961. The largest absolute Gasteiger partial charge is 0.496 e. The summed E-state index contributed by atoms with van der Waals surface area (Å²) >= 11 is 1.57. The number of ether oxygens (including phenoxy) is 1. The number of carbonyl (C=O) groups is 1. The zero-order chi connectivity index (χ0) is 14.5. The van der Waals surface area contributed by atoms with E-state index >= 15 is 0 Å². The van der Waals surface area contributed by atoms with Crippen LogP contribution in [0, 0.1) is 13.8 Å². The molecule has 20 heavy (non-hydrogen) atoms. The van der Waals surface area contributed by atoms with Crippen molar-refractivity contribution in [3.63, 3.8) is 0 Å². The topological polar surface area (TPSA) is 26.3 Å². The van der Waals surface area contributed by atoms with Crippen LogP contribution in [0.1, 0.15) is 21.5 Å². The monoisotopic (exact) mass is 286 g/mol. The third-order valence-corrected chi connectivity index (χ3v) is 4.28. The van der Waals surface area contributed by atoms with Gasteiger partial charge in [0.15, 0.2) is 5.78 Å². The van der Waals surface area contributed by atoms with E-state index in [4.69, 9.17) is 4.74 Å². The smallest absolute Gasteiger partial charge is 0.176 e. The van der Waals surface area contributed by atoms with Gasteiger partial charge in [0.05, 0.1) is 18.4 Å². The van der Waals surface area contributed by atoms with E-state index in [0.717, 1.165) is 10.5 Å². The molecule has 0 heterocycles. The molecule has 2 rings (SSSR count). The van der Waals surface area contributed by atoms with Gasteiger partial charge in [-0.15, -0.1) is 11.8 Å². The van der Waals surface area contributed by atoms with Crippen LogP contribution < -0.4 is 4.74 Å². The van der Waals surface area contributed by atoms with E-state index in [9.17, 15) is 4.79 Å². The quantitative estimate of drug-likeness (QED) is 0.606. The van der Waals surface area contributed by atoms with Crippen LogP contribution in [0.25, 0.3) is 0 Å². The standard InChI is InChI=1S/C17H18O2S/c1-12-8-9-16(19-3)14(10-12)15(18)11-20-17-7-5-4-6-13(17)2/h4-10H,11H2,1-3H3. The fourth-order valence-corrected chi connectivity index (χ4v) is 2.89. The highest BCUT2D eigenvalue weighted by Crippen LogP contribution is 2.26. The Bertz CT molecular complexity index is 620. The van der Waals surface area contributed by atoms with Gasteiger partial charge in [-0.3, -0.25) is 4.79 Å². The lowest BCUT2D eigenvalue weighted by atomic mass is 10.1. The molecule has 0 aliphatic heterocycles. The Morgan fingerprint density at radius 2 is 1.90 bits per heavy atom. The summed E-state index contributed by atoms with van der Waals surface area (Å²) in [6.07, 6.45) is 0. The Morgan fingerprint density at radius 1 is 1.15 bits per heavy atom. The van der Waals surface area contributed by atoms with Gasteiger partial charge in [-0.1, -0.05) is 29.8 Å². The number of hydrogen-bond donors (Lipinski definition) is 0. The van der Waals surface area contributed by atoms with Crippen molar-refractivity contribution in [1.82, 2.24) is 0 Å². The molecule has 3 heteroatoms. The maximum atomic E-state index is 12.4. The fourth-order valence-electron chi connectivity index (χ4n) is 1.98. The van der Waals surface area contributed by atoms with Gasteiger partial charge in [-0.25, -0.2) is 0 Å². The van der Waals surface area contributed by atoms with Crippen molar-refractivity contribution in [2.24, 2.45) is 0 Å². The highest BCUT2D eigenvalue weighted by atomic mass is 32.2. The Kier molecular flexibility index (Phi) is 4.85. The lowest BCUT2D eigenvalue weighted by molar-refractivity contribution is 0.101. The summed E-state index contributed by atoms with van der Waals surface area (Å²) in [5, 5.41) is 0. The molecule has 0 unspecified atom stereocenters. The SMILES string of the molecule is COc1ccc(C)cc1C(=O)CSc1ccccc1C. The zero-order valence-electron chi connectivity index (χ0n) is 12.0. The van der Waals surface area contributed by atoms with Crippen molar-refractivity contribution in [2.75, 3.05) is 12.9 Å². The van der Waals surface area contributed by atoms with Gasteiger partial charge < -0.3 is 4.74 Å². The molecule has 0 N–H and O–H groups in total. The summed E-state index contributed by atoms with van der Waals surface area (Å²) in [5.74, 6) is 1.16. The van der Waals surface area contributed by atoms with Gasteiger partial charge in [-0.05, 0) is 37.6 Å². The molecule has 0 saturated heterocycles. The molecule has 0 amide bonds. The minimum absolute atomic E-state index is 0.0961. The van der Waals surface area contributed by atoms with Crippen molar-refractivity contribution in [3.05, 3.63) is 59.2 Å². The van der Waals surface area contributed by atoms with E-state index in [-0.39, 0.29) is 5.78 Å². The molecule has 0 atom stereocenters. The molecule has 2 aromatic carbocycles. The Balaban J connectivity index is 2.13. The number of methoxy groups -OCH3 is 1. The Morgan fingerprint density at radius 3 is 2.60 bits per heavy atom. The molecule has 0 spiro atoms. The molecular formula is C17H18O2S. The van der Waals surface area contributed by atoms with Crippen molar-refractivity contribution in [2.45, 2.75) is 18.7 Å². The number of ketones is 1. The van der Waals surface area contributed by atoms with Crippen LogP contribution in [-0.4, -0.2) is 18.6 Å². The average Bonchev–Trinajstić information content (AvgIpc) is 2.46. The molecular weight excluding hydrogens is 268 g/mol. The van der Waals surface area contributed by atoms with Crippen molar-refractivity contribution >= 4 is 17.5 Å². The first-order chi connectivity index (χ1) is 9.61. The predicted octanol–water partition coefficient (Wildman–Crippen LogP) is 4.29. The summed E-state index contributed by atoms with van der Waals surface area (Å²) in [5.41, 5.74) is 2.92. The van der Waals surface area contributed by atoms with Crippen molar-refractivity contribution in [3.8, 4) is 5.75 Å². The van der Waals surface area contributed by atoms with Crippen LogP contribution in [0.5, 0.6) is 5.75 Å². The minimum Gasteiger partial charge on any atom is -0.496 e. The van der Waals surface area contributed by atoms with E-state index < -0.39 is 0 Å². The molecule has 2 aromatic rings. The van der Waals surface area contributed by atoms with Gasteiger partial charge in [-0.2, -0.15) is 0 Å². The molecule has 0 fully saturated rings. The van der Waals surface area contributed by atoms with Crippen LogP contribution in [0.2, 0.25) is 0 Å². The zero-order valence-corrected chi connectivity index (χ0v) is 12.8. The molecule has 0 bridgehead atoms. The average molecular weight is 286 g/mol. The van der Waals surface area contributed by atoms with E-state index in [2.05, 4.69) is 13.0 Å². The van der Waals surface area contributed by atoms with Gasteiger partial charge in [0.2, 0.25) is 0 Å². The number of carbonyl (C=O) groups excluding carboxylic acids is 1. The Hall–Kier alpha value is -1.74. The second kappa shape index (κ2) is 6.62.